The summed E-state index contributed by atoms with van der Waals surface area (Å²) in [6.45, 7) is 1.58. The molecule has 35 heavy (non-hydrogen) atoms. The monoisotopic (exact) mass is 481 g/mol. The lowest BCUT2D eigenvalue weighted by atomic mass is 9.86. The lowest BCUT2D eigenvalue weighted by Gasteiger charge is -2.28. The van der Waals surface area contributed by atoms with Gasteiger partial charge < -0.3 is 25.2 Å². The van der Waals surface area contributed by atoms with E-state index in [2.05, 4.69) is 20.4 Å². The molecule has 2 saturated heterocycles. The molecule has 0 radical (unpaired) electrons. The van der Waals surface area contributed by atoms with Crippen LogP contribution in [-0.4, -0.2) is 78.4 Å². The highest BCUT2D eigenvalue weighted by Gasteiger charge is 2.39. The smallest absolute Gasteiger partial charge is 0.356 e. The zero-order chi connectivity index (χ0) is 24.1. The van der Waals surface area contributed by atoms with Crippen LogP contribution in [0.2, 0.25) is 0 Å². The van der Waals surface area contributed by atoms with Crippen LogP contribution in [0.5, 0.6) is 0 Å². The molecular weight excluding hydrogens is 454 g/mol. The number of amides is 1. The molecule has 1 saturated carbocycles. The summed E-state index contributed by atoms with van der Waals surface area (Å²) in [6, 6.07) is 2.07. The third-order valence-corrected chi connectivity index (χ3v) is 7.46. The van der Waals surface area contributed by atoms with Crippen LogP contribution in [0.25, 0.3) is 5.65 Å². The van der Waals surface area contributed by atoms with E-state index in [1.54, 1.807) is 6.20 Å². The van der Waals surface area contributed by atoms with Crippen molar-refractivity contribution in [2.24, 2.45) is 5.92 Å². The average molecular weight is 482 g/mol. The van der Waals surface area contributed by atoms with Crippen molar-refractivity contribution >= 4 is 29.0 Å². The van der Waals surface area contributed by atoms with Crippen LogP contribution in [0.3, 0.4) is 0 Å². The Morgan fingerprint density at radius 3 is 2.66 bits per heavy atom. The molecule has 3 aliphatic rings. The molecule has 0 unspecified atom stereocenters. The van der Waals surface area contributed by atoms with E-state index in [9.17, 15) is 19.8 Å². The van der Waals surface area contributed by atoms with Crippen molar-refractivity contribution in [2.45, 2.75) is 50.3 Å². The van der Waals surface area contributed by atoms with Gasteiger partial charge in [-0.15, -0.1) is 0 Å². The molecule has 12 nitrogen and oxygen atoms in total. The van der Waals surface area contributed by atoms with Gasteiger partial charge in [0.2, 0.25) is 0 Å². The zero-order valence-corrected chi connectivity index (χ0v) is 19.1. The Hall–Kier alpha value is -3.51. The molecule has 2 atom stereocenters. The Morgan fingerprint density at radius 1 is 1.14 bits per heavy atom. The number of nitrogens with zero attached hydrogens (tertiary/aromatic N) is 6. The van der Waals surface area contributed by atoms with Gasteiger partial charge in [0.05, 0.1) is 42.9 Å². The Bertz CT molecular complexity index is 1280. The van der Waals surface area contributed by atoms with Crippen molar-refractivity contribution in [1.29, 1.82) is 0 Å². The first kappa shape index (κ1) is 22.0. The van der Waals surface area contributed by atoms with Crippen LogP contribution in [0.1, 0.15) is 59.0 Å². The number of carboxylic acids is 1. The molecule has 0 spiro atoms. The average Bonchev–Trinajstić information content (AvgIpc) is 3.66. The fourth-order valence-corrected chi connectivity index (χ4v) is 5.57. The van der Waals surface area contributed by atoms with E-state index in [0.717, 1.165) is 44.5 Å². The standard InChI is InChI=1S/C23H27N7O5/c31-11-13-1-3-14(4-2-13)30-20(23(33)34)18(9-25-30)26-22(32)17-8-24-29-6-5-19(27-21(17)29)28-10-16-7-15(28)12-35-16/h5-6,8-9,13-16,31H,1-4,7,10-12H2,(H,26,32)(H,33,34)/t13?,14?,15-,16-/m1/s1. The zero-order valence-electron chi connectivity index (χ0n) is 19.1. The van der Waals surface area contributed by atoms with Gasteiger partial charge in [-0.2, -0.15) is 10.2 Å². The number of carboxylic acid groups (broad SMARTS) is 1. The number of hydrogen-bond donors (Lipinski definition) is 3. The minimum atomic E-state index is -1.16. The highest BCUT2D eigenvalue weighted by molar-refractivity contribution is 6.10. The molecular formula is C23H27N7O5. The number of nitrogens with one attached hydrogen (secondary N) is 1. The number of hydrogen-bond acceptors (Lipinski definition) is 8. The number of rotatable bonds is 6. The SMILES string of the molecule is O=C(Nc1cnn(C2CCC(CO)CC2)c1C(=O)O)c1cnn2ccc(N3C[C@H]4C[C@@H]3CO4)nc12. The van der Waals surface area contributed by atoms with E-state index in [4.69, 9.17) is 9.72 Å². The third kappa shape index (κ3) is 3.82. The maximum absolute atomic E-state index is 13.2. The minimum absolute atomic E-state index is 0.0518. The summed E-state index contributed by atoms with van der Waals surface area (Å²) < 4.78 is 8.69. The number of aromatic nitrogens is 5. The first-order valence-corrected chi connectivity index (χ1v) is 12.0. The van der Waals surface area contributed by atoms with Gasteiger partial charge in [-0.1, -0.05) is 0 Å². The molecule has 2 aliphatic heterocycles. The minimum Gasteiger partial charge on any atom is -0.476 e. The van der Waals surface area contributed by atoms with Crippen LogP contribution < -0.4 is 10.2 Å². The van der Waals surface area contributed by atoms with Crippen molar-refractivity contribution in [3.63, 3.8) is 0 Å². The van der Waals surface area contributed by atoms with Crippen LogP contribution in [0.15, 0.2) is 24.7 Å². The van der Waals surface area contributed by atoms with Crippen LogP contribution in [-0.2, 0) is 4.74 Å². The number of ether oxygens (including phenoxy) is 1. The van der Waals surface area contributed by atoms with E-state index in [1.165, 1.54) is 21.6 Å². The predicted octanol–water partition coefficient (Wildman–Crippen LogP) is 1.58. The van der Waals surface area contributed by atoms with Crippen molar-refractivity contribution < 1.29 is 24.5 Å². The topological polar surface area (TPSA) is 147 Å². The van der Waals surface area contributed by atoms with Gasteiger partial charge >= 0.3 is 5.97 Å². The van der Waals surface area contributed by atoms with Gasteiger partial charge in [-0.05, 0) is 44.1 Å². The molecule has 3 aromatic rings. The van der Waals surface area contributed by atoms with Crippen LogP contribution >= 0.6 is 0 Å². The van der Waals surface area contributed by atoms with Gasteiger partial charge in [-0.25, -0.2) is 14.3 Å². The highest BCUT2D eigenvalue weighted by atomic mass is 16.5. The van der Waals surface area contributed by atoms with Gasteiger partial charge in [0.15, 0.2) is 11.3 Å². The number of carbonyl (C=O) groups excluding carboxylic acids is 1. The summed E-state index contributed by atoms with van der Waals surface area (Å²) >= 11 is 0. The first-order valence-electron chi connectivity index (χ1n) is 12.0. The molecule has 6 rings (SSSR count). The second kappa shape index (κ2) is 8.61. The molecule has 184 valence electrons. The Balaban J connectivity index is 1.25. The Kier molecular flexibility index (Phi) is 5.41. The van der Waals surface area contributed by atoms with E-state index < -0.39 is 11.9 Å². The third-order valence-electron chi connectivity index (χ3n) is 7.46. The number of aliphatic hydroxyl groups excluding tert-OH is 1. The number of morpholine rings is 1. The summed E-state index contributed by atoms with van der Waals surface area (Å²) in [5.41, 5.74) is 0.732. The van der Waals surface area contributed by atoms with Crippen molar-refractivity contribution in [1.82, 2.24) is 24.4 Å². The van der Waals surface area contributed by atoms with Gasteiger partial charge in [0, 0.05) is 19.3 Å². The quantitative estimate of drug-likeness (QED) is 0.477. The molecule has 0 aromatic carbocycles. The summed E-state index contributed by atoms with van der Waals surface area (Å²) in [5.74, 6) is -0.651. The molecule has 3 aromatic heterocycles. The number of aliphatic hydroxyl groups is 1. The number of carbonyl (C=O) groups is 2. The second-order valence-corrected chi connectivity index (χ2v) is 9.58. The number of anilines is 2. The maximum atomic E-state index is 13.2. The Morgan fingerprint density at radius 2 is 1.97 bits per heavy atom. The molecule has 3 fully saturated rings. The van der Waals surface area contributed by atoms with Crippen molar-refractivity contribution in [2.75, 3.05) is 30.0 Å². The summed E-state index contributed by atoms with van der Waals surface area (Å²) in [4.78, 5) is 32.2. The van der Waals surface area contributed by atoms with E-state index in [0.29, 0.717) is 12.3 Å². The first-order chi connectivity index (χ1) is 17.0. The summed E-state index contributed by atoms with van der Waals surface area (Å²) in [5, 5.41) is 30.5. The lowest BCUT2D eigenvalue weighted by Crippen LogP contribution is -2.37. The Labute approximate surface area is 200 Å². The molecule has 1 aliphatic carbocycles. The predicted molar refractivity (Wildman–Crippen MR) is 124 cm³/mol. The van der Waals surface area contributed by atoms with E-state index in [-0.39, 0.29) is 47.7 Å². The van der Waals surface area contributed by atoms with Crippen LogP contribution in [0.4, 0.5) is 11.5 Å². The van der Waals surface area contributed by atoms with E-state index >= 15 is 0 Å². The number of fused-ring (bicyclic) bond motifs is 3. The molecule has 3 N–H and O–H groups in total. The normalized spacial score (nSPS) is 25.9. The lowest BCUT2D eigenvalue weighted by molar-refractivity contribution is 0.0676. The summed E-state index contributed by atoms with van der Waals surface area (Å²) in [6.07, 6.45) is 8.84. The molecule has 1 amide bonds. The largest absolute Gasteiger partial charge is 0.476 e. The molecule has 5 heterocycles. The summed E-state index contributed by atoms with van der Waals surface area (Å²) in [7, 11) is 0. The number of aromatic carboxylic acids is 1. The molecule has 2 bridgehead atoms. The van der Waals surface area contributed by atoms with Crippen LogP contribution in [0, 0.1) is 5.92 Å². The highest BCUT2D eigenvalue weighted by Crippen LogP contribution is 2.34. The van der Waals surface area contributed by atoms with E-state index in [1.807, 2.05) is 6.07 Å². The maximum Gasteiger partial charge on any atom is 0.356 e. The van der Waals surface area contributed by atoms with Crippen molar-refractivity contribution in [3.8, 4) is 0 Å². The van der Waals surface area contributed by atoms with Crippen molar-refractivity contribution in [3.05, 3.63) is 35.9 Å². The second-order valence-electron chi connectivity index (χ2n) is 9.58. The fraction of sp³-hybridized carbons (Fsp3) is 0.522. The van der Waals surface area contributed by atoms with Gasteiger partial charge in [-0.3, -0.25) is 9.48 Å². The molecule has 12 heteroatoms. The fourth-order valence-electron chi connectivity index (χ4n) is 5.57. The van der Waals surface area contributed by atoms with Gasteiger partial charge in [0.25, 0.3) is 5.91 Å². The van der Waals surface area contributed by atoms with Gasteiger partial charge in [0.1, 0.15) is 11.4 Å².